The summed E-state index contributed by atoms with van der Waals surface area (Å²) >= 11 is 0. The molecule has 0 fully saturated rings. The van der Waals surface area contributed by atoms with Crippen LogP contribution in [-0.2, 0) is 28.6 Å². The minimum absolute atomic E-state index is 0.204. The van der Waals surface area contributed by atoms with Crippen molar-refractivity contribution in [2.75, 3.05) is 6.61 Å². The van der Waals surface area contributed by atoms with Crippen molar-refractivity contribution in [3.05, 3.63) is 46.3 Å². The average molecular weight is 416 g/mol. The van der Waals surface area contributed by atoms with Crippen LogP contribution in [0.4, 0.5) is 0 Å². The minimum Gasteiger partial charge on any atom is -0.481 e. The summed E-state index contributed by atoms with van der Waals surface area (Å²) in [6.45, 7) is 3.22. The zero-order valence-electron chi connectivity index (χ0n) is 16.6. The first kappa shape index (κ1) is 21.1. The summed E-state index contributed by atoms with van der Waals surface area (Å²) in [5.41, 5.74) is -0.0507. The van der Waals surface area contributed by atoms with Crippen molar-refractivity contribution >= 4 is 35.0 Å². The molecule has 0 saturated carbocycles. The monoisotopic (exact) mass is 416 g/mol. The number of fused-ring (bicyclic) bond motifs is 3. The van der Waals surface area contributed by atoms with Gasteiger partial charge in [-0.05, 0) is 24.3 Å². The second-order valence-corrected chi connectivity index (χ2v) is 6.59. The van der Waals surface area contributed by atoms with E-state index in [9.17, 15) is 19.2 Å². The number of esters is 3. The fraction of sp³-hybridized carbons (Fsp3) is 0.333. The van der Waals surface area contributed by atoms with E-state index in [1.54, 1.807) is 24.3 Å². The Morgan fingerprint density at radius 3 is 2.40 bits per heavy atom. The first-order valence-electron chi connectivity index (χ1n) is 9.14. The van der Waals surface area contributed by atoms with Crippen molar-refractivity contribution in [3.8, 4) is 5.75 Å². The van der Waals surface area contributed by atoms with Crippen molar-refractivity contribution in [3.63, 3.8) is 0 Å². The highest BCUT2D eigenvalue weighted by molar-refractivity contribution is 5.87. The maximum atomic E-state index is 12.3. The highest BCUT2D eigenvalue weighted by Gasteiger charge is 2.38. The second kappa shape index (κ2) is 8.81. The van der Waals surface area contributed by atoms with Crippen LogP contribution in [0.15, 0.2) is 39.6 Å². The molecule has 0 spiro atoms. The first-order chi connectivity index (χ1) is 14.3. The Labute approximate surface area is 171 Å². The third kappa shape index (κ3) is 4.68. The molecule has 9 heteroatoms. The molecule has 0 N–H and O–H groups in total. The molecule has 1 aliphatic heterocycles. The topological polar surface area (TPSA) is 118 Å². The standard InChI is InChI=1S/C21H20O9/c1-11(22)26-10-18(27-12(2)23)20(28-13(3)24)17-9-8-15-19(29-17)14-6-4-5-7-16(14)30-21(15)25/h4-9,17-18,20H,10H2,1-3H3/t17-,18+,20+/m1/s1. The minimum atomic E-state index is -1.14. The normalized spacial score (nSPS) is 16.7. The smallest absolute Gasteiger partial charge is 0.347 e. The molecular weight excluding hydrogens is 396 g/mol. The van der Waals surface area contributed by atoms with Crippen molar-refractivity contribution < 1.29 is 37.7 Å². The van der Waals surface area contributed by atoms with Crippen molar-refractivity contribution in [2.24, 2.45) is 0 Å². The van der Waals surface area contributed by atoms with Gasteiger partial charge in [-0.25, -0.2) is 4.79 Å². The zero-order chi connectivity index (χ0) is 21.8. The number of rotatable bonds is 6. The van der Waals surface area contributed by atoms with Crippen LogP contribution in [0.2, 0.25) is 0 Å². The van der Waals surface area contributed by atoms with Crippen LogP contribution < -0.4 is 10.4 Å². The van der Waals surface area contributed by atoms with E-state index in [2.05, 4.69) is 0 Å². The van der Waals surface area contributed by atoms with Crippen LogP contribution in [0.3, 0.4) is 0 Å². The Bertz CT molecular complexity index is 1070. The van der Waals surface area contributed by atoms with Gasteiger partial charge in [0.05, 0.1) is 5.39 Å². The van der Waals surface area contributed by atoms with Gasteiger partial charge in [0.2, 0.25) is 0 Å². The van der Waals surface area contributed by atoms with Crippen molar-refractivity contribution in [1.82, 2.24) is 0 Å². The molecule has 3 atom stereocenters. The largest absolute Gasteiger partial charge is 0.481 e. The van der Waals surface area contributed by atoms with Crippen LogP contribution in [0.5, 0.6) is 5.75 Å². The van der Waals surface area contributed by atoms with Gasteiger partial charge in [-0.1, -0.05) is 12.1 Å². The van der Waals surface area contributed by atoms with Gasteiger partial charge in [-0.15, -0.1) is 0 Å². The van der Waals surface area contributed by atoms with Crippen LogP contribution in [0.1, 0.15) is 26.3 Å². The predicted octanol–water partition coefficient (Wildman–Crippen LogP) is 1.99. The summed E-state index contributed by atoms with van der Waals surface area (Å²) in [5, 5.41) is 0.548. The predicted molar refractivity (Wildman–Crippen MR) is 104 cm³/mol. The third-order valence-electron chi connectivity index (χ3n) is 4.27. The lowest BCUT2D eigenvalue weighted by atomic mass is 10.0. The van der Waals surface area contributed by atoms with Crippen molar-refractivity contribution in [2.45, 2.75) is 39.1 Å². The first-order valence-corrected chi connectivity index (χ1v) is 9.14. The molecule has 9 nitrogen and oxygen atoms in total. The molecule has 30 heavy (non-hydrogen) atoms. The number of hydrogen-bond donors (Lipinski definition) is 0. The summed E-state index contributed by atoms with van der Waals surface area (Å²) in [7, 11) is 0. The molecule has 0 amide bonds. The number of ether oxygens (including phenoxy) is 4. The molecule has 2 aromatic rings. The van der Waals surface area contributed by atoms with E-state index < -0.39 is 41.8 Å². The molecule has 0 aliphatic carbocycles. The fourth-order valence-corrected chi connectivity index (χ4v) is 3.10. The van der Waals surface area contributed by atoms with Gasteiger partial charge < -0.3 is 23.4 Å². The molecule has 0 saturated heterocycles. The lowest BCUT2D eigenvalue weighted by Gasteiger charge is -2.32. The van der Waals surface area contributed by atoms with Gasteiger partial charge in [0.1, 0.15) is 23.5 Å². The van der Waals surface area contributed by atoms with Crippen LogP contribution in [-0.4, -0.2) is 42.8 Å². The third-order valence-corrected chi connectivity index (χ3v) is 4.27. The molecule has 3 rings (SSSR count). The van der Waals surface area contributed by atoms with E-state index in [1.807, 2.05) is 0 Å². The highest BCUT2D eigenvalue weighted by Crippen LogP contribution is 2.33. The summed E-state index contributed by atoms with van der Waals surface area (Å²) in [6, 6.07) is 6.81. The van der Waals surface area contributed by atoms with Gasteiger partial charge >= 0.3 is 23.5 Å². The van der Waals surface area contributed by atoms with E-state index >= 15 is 0 Å². The Balaban J connectivity index is 2.00. The second-order valence-electron chi connectivity index (χ2n) is 6.59. The van der Waals surface area contributed by atoms with E-state index in [-0.39, 0.29) is 17.9 Å². The molecule has 158 valence electrons. The number of hydrogen-bond acceptors (Lipinski definition) is 9. The molecule has 0 bridgehead atoms. The summed E-state index contributed by atoms with van der Waals surface area (Å²) in [4.78, 5) is 46.8. The molecule has 0 radical (unpaired) electrons. The van der Waals surface area contributed by atoms with Gasteiger partial charge in [0.25, 0.3) is 0 Å². The number of carbonyl (C=O) groups is 3. The van der Waals surface area contributed by atoms with Crippen LogP contribution in [0, 0.1) is 0 Å². The molecule has 2 heterocycles. The maximum Gasteiger partial charge on any atom is 0.347 e. The quantitative estimate of drug-likeness (QED) is 0.396. The van der Waals surface area contributed by atoms with E-state index in [0.717, 1.165) is 0 Å². The number of benzene rings is 1. The van der Waals surface area contributed by atoms with Gasteiger partial charge in [-0.2, -0.15) is 0 Å². The molecule has 0 unspecified atom stereocenters. The zero-order valence-corrected chi connectivity index (χ0v) is 16.6. The lowest BCUT2D eigenvalue weighted by Crippen LogP contribution is -2.48. The number of carbonyl (C=O) groups excluding carboxylic acids is 3. The van der Waals surface area contributed by atoms with Gasteiger partial charge in [-0.3, -0.25) is 14.4 Å². The van der Waals surface area contributed by atoms with E-state index in [1.165, 1.54) is 32.9 Å². The Morgan fingerprint density at radius 1 is 1.03 bits per heavy atom. The molecule has 1 aromatic carbocycles. The van der Waals surface area contributed by atoms with Crippen LogP contribution in [0.25, 0.3) is 17.0 Å². The Kier molecular flexibility index (Phi) is 6.20. The lowest BCUT2D eigenvalue weighted by molar-refractivity contribution is -0.178. The molecular formula is C21H20O9. The Hall–Kier alpha value is -3.62. The maximum absolute atomic E-state index is 12.3. The SMILES string of the molecule is CC(=O)OC[C@H](OC(C)=O)[C@@H](OC(C)=O)[C@H]1C=Cc2c(c3ccccc3oc2=O)O1. The van der Waals surface area contributed by atoms with E-state index in [4.69, 9.17) is 23.4 Å². The number of para-hydroxylation sites is 1. The van der Waals surface area contributed by atoms with Crippen molar-refractivity contribution in [1.29, 1.82) is 0 Å². The summed E-state index contributed by atoms with van der Waals surface area (Å²) < 4.78 is 26.8. The summed E-state index contributed by atoms with van der Waals surface area (Å²) in [6.07, 6.45) is -0.202. The van der Waals surface area contributed by atoms with Crippen LogP contribution >= 0.6 is 0 Å². The molecule has 1 aromatic heterocycles. The fourth-order valence-electron chi connectivity index (χ4n) is 3.10. The van der Waals surface area contributed by atoms with E-state index in [0.29, 0.717) is 11.0 Å². The average Bonchev–Trinajstić information content (AvgIpc) is 2.69. The van der Waals surface area contributed by atoms with Gasteiger partial charge in [0.15, 0.2) is 18.3 Å². The highest BCUT2D eigenvalue weighted by atomic mass is 16.6. The molecule has 1 aliphatic rings. The van der Waals surface area contributed by atoms with Gasteiger partial charge in [0, 0.05) is 20.8 Å². The Morgan fingerprint density at radius 2 is 1.73 bits per heavy atom. The summed E-state index contributed by atoms with van der Waals surface area (Å²) in [5.74, 6) is -1.65.